The van der Waals surface area contributed by atoms with E-state index in [1.807, 2.05) is 5.87 Å². The van der Waals surface area contributed by atoms with Gasteiger partial charge in [-0.1, -0.05) is 33.0 Å². The molecule has 4 aliphatic heterocycles. The Kier molecular flexibility index (Phi) is 30.1. The zero-order valence-corrected chi connectivity index (χ0v) is 32.0. The fraction of sp³-hybridized carbons (Fsp3) is 0.273. The molecule has 4 aliphatic rings. The number of nitrogens with zero attached hydrogens (tertiary/aromatic N) is 14. The van der Waals surface area contributed by atoms with Crippen molar-refractivity contribution in [3.05, 3.63) is 187 Å². The van der Waals surface area contributed by atoms with Gasteiger partial charge in [0.25, 0.3) is 5.82 Å². The number of alkyl halides is 3. The second-order valence-corrected chi connectivity index (χ2v) is 11.3. The maximum Gasteiger partial charge on any atom is 1.00 e. The smallest absolute Gasteiger partial charge is 0.763 e. The number of hydrogen-bond acceptors (Lipinski definition) is 4. The van der Waals surface area contributed by atoms with Gasteiger partial charge in [-0.25, -0.2) is 21.6 Å². The molecule has 57 heavy (non-hydrogen) atoms. The molecule has 4 heterocycles. The third kappa shape index (κ3) is 18.9. The van der Waals surface area contributed by atoms with Crippen LogP contribution in [0.3, 0.4) is 0 Å². The second-order valence-electron chi connectivity index (χ2n) is 9.69. The van der Waals surface area contributed by atoms with Crippen molar-refractivity contribution in [3.63, 3.8) is 0 Å². The molecule has 16 nitrogen and oxygen atoms in total. The topological polar surface area (TPSA) is 158 Å². The van der Waals surface area contributed by atoms with Gasteiger partial charge in [-0.05, 0) is 20.3 Å². The number of hydrogen-bond donors (Lipinski definition) is 0. The van der Waals surface area contributed by atoms with Gasteiger partial charge in [-0.2, -0.15) is 13.2 Å². The first kappa shape index (κ1) is 60.9. The van der Waals surface area contributed by atoms with Gasteiger partial charge < -0.3 is 45.1 Å². The van der Waals surface area contributed by atoms with E-state index in [0.29, 0.717) is 41.2 Å². The van der Waals surface area contributed by atoms with Crippen molar-refractivity contribution in [2.45, 2.75) is 53.1 Å². The van der Waals surface area contributed by atoms with E-state index < -0.39 is 21.8 Å². The standard InChI is InChI=1S/C9H5F3N3.C9H5N4.C7H5N4O2S.C7H4N3.CH4.4Li/c1-5(9(10,11)12)6-4-7(13-2)8(14-3)15-6;1-6(5-10)7-4-8(11-2)9(12-3)13-7;1-8-5-4-6(10-7(5)9-2)11-14(3,12)13;1-5-4-6(8-2)7(9-3)10-5;;;;;/h4H2,1H3;4H2,1H3;4H2,3H3;1,4H2;1H4;;;;/q4*-1;;4*+1/b6-5+;;;;;;;;. The van der Waals surface area contributed by atoms with Gasteiger partial charge in [0.05, 0.1) is 43.8 Å². The first-order valence-electron chi connectivity index (χ1n) is 13.5. The summed E-state index contributed by atoms with van der Waals surface area (Å²) in [5, 5.41) is 15.8. The van der Waals surface area contributed by atoms with E-state index in [9.17, 15) is 21.6 Å². The fourth-order valence-corrected chi connectivity index (χ4v) is 4.03. The van der Waals surface area contributed by atoms with Crippen LogP contribution in [0.4, 0.5) is 13.2 Å². The van der Waals surface area contributed by atoms with Crippen LogP contribution in [0.25, 0.3) is 59.5 Å². The molecule has 268 valence electrons. The molecule has 0 aromatic rings. The zero-order chi connectivity index (χ0) is 39.8. The molecule has 0 aromatic carbocycles. The monoisotopic (exact) mass is 764 g/mol. The molecule has 0 bridgehead atoms. The molecule has 0 spiro atoms. The molecule has 0 saturated carbocycles. The summed E-state index contributed by atoms with van der Waals surface area (Å²) in [4.78, 5) is 32.0. The number of halogens is 3. The zero-order valence-electron chi connectivity index (χ0n) is 31.2. The van der Waals surface area contributed by atoms with E-state index in [1.54, 1.807) is 6.92 Å². The summed E-state index contributed by atoms with van der Waals surface area (Å²) < 4.78 is 61.6. The van der Waals surface area contributed by atoms with Crippen molar-refractivity contribution in [2.24, 2.45) is 9.98 Å². The molecule has 0 radical (unpaired) electrons. The average molecular weight is 764 g/mol. The maximum atomic E-state index is 12.3. The number of allylic oxidation sites excluding steroid dienone is 3. The third-order valence-electron chi connectivity index (χ3n) is 6.07. The van der Waals surface area contributed by atoms with Gasteiger partial charge >= 0.3 is 81.6 Å². The molecule has 4 rings (SSSR count). The Hall–Kier alpha value is -5.32. The molecular weight excluding hydrogens is 741 g/mol. The SMILES string of the molecule is C.[C-]#[N+]C1=C([N+]#[C-])N=C(C(C)=C=[N-])C1.[C-]#[N+]C1=C([N+]#[C-])N=C([N-]S(C)(=O)=O)C1.[C-]#[N+]C1=C([N+]#[C-])[N-]/C(=C(\C)C(F)(F)F)C1.[C-]#[N+]C1=C([N+]#[C-])[N-]C(=C)C1.[Li+].[Li+].[Li+].[Li+]. The summed E-state index contributed by atoms with van der Waals surface area (Å²) in [6, 6.07) is 0. The molecule has 0 aliphatic carbocycles. The van der Waals surface area contributed by atoms with Crippen molar-refractivity contribution in [2.75, 3.05) is 6.26 Å². The summed E-state index contributed by atoms with van der Waals surface area (Å²) in [7, 11) is -3.51. The first-order chi connectivity index (χ1) is 24.4. The molecule has 0 fully saturated rings. The summed E-state index contributed by atoms with van der Waals surface area (Å²) in [6.45, 7) is 59.6. The Morgan fingerprint density at radius 3 is 1.51 bits per heavy atom. The van der Waals surface area contributed by atoms with Crippen molar-refractivity contribution < 1.29 is 97.0 Å². The van der Waals surface area contributed by atoms with Crippen LogP contribution in [0.1, 0.15) is 47.0 Å². The predicted octanol–water partition coefficient (Wildman–Crippen LogP) is -2.30. The van der Waals surface area contributed by atoms with Crippen molar-refractivity contribution in [1.29, 1.82) is 0 Å². The number of sulfonamides is 1. The number of aliphatic imine (C=N–C) groups is 2. The van der Waals surface area contributed by atoms with Crippen LogP contribution in [0.15, 0.2) is 85.2 Å². The van der Waals surface area contributed by atoms with Crippen LogP contribution in [0.5, 0.6) is 0 Å². The molecule has 0 aromatic heterocycles. The number of amidine groups is 1. The Morgan fingerprint density at radius 2 is 1.18 bits per heavy atom. The summed E-state index contributed by atoms with van der Waals surface area (Å²) >= 11 is 0. The summed E-state index contributed by atoms with van der Waals surface area (Å²) in [6.07, 6.45) is -2.94. The fourth-order valence-electron chi connectivity index (χ4n) is 3.54. The van der Waals surface area contributed by atoms with E-state index in [1.165, 1.54) is 0 Å². The minimum absolute atomic E-state index is 0. The van der Waals surface area contributed by atoms with Crippen molar-refractivity contribution >= 4 is 27.4 Å². The molecular formula is C33H23F3Li4N14O2S. The molecule has 0 amide bonds. The van der Waals surface area contributed by atoms with Gasteiger partial charge in [0.1, 0.15) is 22.8 Å². The Bertz CT molecular complexity index is 2280. The summed E-state index contributed by atoms with van der Waals surface area (Å²) in [5.74, 6) is 1.99. The maximum absolute atomic E-state index is 12.3. The van der Waals surface area contributed by atoms with E-state index in [0.717, 1.165) is 13.2 Å². The van der Waals surface area contributed by atoms with Gasteiger partial charge in [-0.15, -0.1) is 4.99 Å². The van der Waals surface area contributed by atoms with Crippen LogP contribution < -0.4 is 75.4 Å². The first-order valence-corrected chi connectivity index (χ1v) is 15.3. The minimum Gasteiger partial charge on any atom is -0.763 e. The van der Waals surface area contributed by atoms with Crippen molar-refractivity contribution in [1.82, 2.24) is 0 Å². The molecule has 0 atom stereocenters. The van der Waals surface area contributed by atoms with Crippen LogP contribution in [0.2, 0.25) is 0 Å². The van der Waals surface area contributed by atoms with Gasteiger partial charge in [0.15, 0.2) is 15.7 Å². The molecule has 0 saturated heterocycles. The van der Waals surface area contributed by atoms with Crippen LogP contribution in [0, 0.1) is 52.6 Å². The third-order valence-corrected chi connectivity index (χ3v) is 6.62. The van der Waals surface area contributed by atoms with Gasteiger partial charge in [0.2, 0.25) is 0 Å². The van der Waals surface area contributed by atoms with Crippen molar-refractivity contribution in [3.8, 4) is 0 Å². The van der Waals surface area contributed by atoms with Crippen LogP contribution >= 0.6 is 0 Å². The second kappa shape index (κ2) is 28.1. The minimum atomic E-state index is -4.45. The van der Waals surface area contributed by atoms with Crippen LogP contribution in [-0.4, -0.2) is 38.3 Å². The largest absolute Gasteiger partial charge is 1.00 e. The molecule has 24 heteroatoms. The quantitative estimate of drug-likeness (QED) is 0.176. The van der Waals surface area contributed by atoms with E-state index in [-0.39, 0.29) is 142 Å². The number of rotatable bonds is 2. The van der Waals surface area contributed by atoms with Gasteiger partial charge in [0, 0.05) is 48.1 Å². The Balaban J connectivity index is -0.000000206. The van der Waals surface area contributed by atoms with E-state index in [4.69, 9.17) is 58.0 Å². The van der Waals surface area contributed by atoms with E-state index in [2.05, 4.69) is 70.7 Å². The Labute approximate surface area is 378 Å². The normalized spacial score (nSPS) is 15.0. The van der Waals surface area contributed by atoms with Gasteiger partial charge in [-0.3, -0.25) is 25.2 Å². The predicted molar refractivity (Wildman–Crippen MR) is 191 cm³/mol. The van der Waals surface area contributed by atoms with E-state index >= 15 is 0 Å². The average Bonchev–Trinajstić information content (AvgIpc) is 3.90. The summed E-state index contributed by atoms with van der Waals surface area (Å²) in [5.41, 5.74) is 1.41. The van der Waals surface area contributed by atoms with Crippen LogP contribution in [-0.2, 0) is 10.0 Å². The molecule has 0 unspecified atom stereocenters. The molecule has 0 N–H and O–H groups in total. The Morgan fingerprint density at radius 1 is 0.737 bits per heavy atom.